The third-order valence-electron chi connectivity index (χ3n) is 3.95. The van der Waals surface area contributed by atoms with Gasteiger partial charge in [-0.3, -0.25) is 14.4 Å². The van der Waals surface area contributed by atoms with Crippen molar-refractivity contribution in [3.8, 4) is 0 Å². The molecule has 0 aliphatic heterocycles. The van der Waals surface area contributed by atoms with Crippen LogP contribution in [0, 0.1) is 5.92 Å². The normalized spacial score (nSPS) is 23.2. The summed E-state index contributed by atoms with van der Waals surface area (Å²) in [4.78, 5) is 43.5. The second-order valence-electron chi connectivity index (χ2n) is 6.12. The third-order valence-corrected chi connectivity index (χ3v) is 3.95. The van der Waals surface area contributed by atoms with Crippen LogP contribution in [0.25, 0.3) is 0 Å². The molecule has 0 saturated heterocycles. The molecule has 0 heterocycles. The number of carbonyl (C=O) groups excluding carboxylic acids is 4. The zero-order valence-electron chi connectivity index (χ0n) is 15.5. The van der Waals surface area contributed by atoms with E-state index in [2.05, 4.69) is 20.1 Å². The van der Waals surface area contributed by atoms with Crippen LogP contribution >= 0.6 is 0 Å². The minimum atomic E-state index is -0.298. The second-order valence-corrected chi connectivity index (χ2v) is 6.12. The highest BCUT2D eigenvalue weighted by atomic mass is 16.5. The van der Waals surface area contributed by atoms with Gasteiger partial charge in [0.05, 0.1) is 20.1 Å². The average molecular weight is 366 g/mol. The molecular weight excluding hydrogens is 340 g/mol. The highest BCUT2D eigenvalue weighted by Crippen LogP contribution is 2.20. The first-order valence-corrected chi connectivity index (χ1v) is 8.34. The molecular formula is C18H26N2O6. The van der Waals surface area contributed by atoms with Gasteiger partial charge in [-0.15, -0.1) is 0 Å². The Morgan fingerprint density at radius 1 is 1.00 bits per heavy atom. The molecule has 2 aliphatic rings. The van der Waals surface area contributed by atoms with Gasteiger partial charge in [0.25, 0.3) is 0 Å². The van der Waals surface area contributed by atoms with Crippen molar-refractivity contribution in [3.63, 3.8) is 0 Å². The lowest BCUT2D eigenvalue weighted by Gasteiger charge is -2.10. The highest BCUT2D eigenvalue weighted by Gasteiger charge is 2.25. The first kappa shape index (κ1) is 21.4. The quantitative estimate of drug-likeness (QED) is 0.557. The Bertz CT molecular complexity index is 611. The Kier molecular flexibility index (Phi) is 8.54. The van der Waals surface area contributed by atoms with E-state index in [0.29, 0.717) is 24.8 Å². The largest absolute Gasteiger partial charge is 0.469 e. The van der Waals surface area contributed by atoms with E-state index >= 15 is 0 Å². The Morgan fingerprint density at radius 3 is 2.19 bits per heavy atom. The summed E-state index contributed by atoms with van der Waals surface area (Å²) in [5, 5.41) is 5.47. The maximum atomic E-state index is 11.1. The summed E-state index contributed by atoms with van der Waals surface area (Å²) >= 11 is 0. The first-order chi connectivity index (χ1) is 12.3. The number of ether oxygens (including phenoxy) is 2. The summed E-state index contributed by atoms with van der Waals surface area (Å²) in [5.41, 5.74) is 0.654. The molecule has 144 valence electrons. The van der Waals surface area contributed by atoms with E-state index in [-0.39, 0.29) is 41.8 Å². The lowest BCUT2D eigenvalue weighted by atomic mass is 10.1. The van der Waals surface area contributed by atoms with Crippen LogP contribution in [-0.4, -0.2) is 50.1 Å². The monoisotopic (exact) mass is 366 g/mol. The van der Waals surface area contributed by atoms with Gasteiger partial charge >= 0.3 is 11.9 Å². The maximum absolute atomic E-state index is 11.1. The first-order valence-electron chi connectivity index (χ1n) is 8.34. The van der Waals surface area contributed by atoms with E-state index in [0.717, 1.165) is 0 Å². The lowest BCUT2D eigenvalue weighted by molar-refractivity contribution is -0.144. The minimum Gasteiger partial charge on any atom is -0.469 e. The van der Waals surface area contributed by atoms with Gasteiger partial charge in [-0.1, -0.05) is 18.2 Å². The summed E-state index contributed by atoms with van der Waals surface area (Å²) in [6.45, 7) is 2.93. The Labute approximate surface area is 153 Å². The van der Waals surface area contributed by atoms with Gasteiger partial charge in [-0.05, 0) is 19.3 Å². The molecule has 2 amide bonds. The molecule has 8 nitrogen and oxygen atoms in total. The van der Waals surface area contributed by atoms with Gasteiger partial charge in [0.2, 0.25) is 11.8 Å². The highest BCUT2D eigenvalue weighted by molar-refractivity contribution is 5.89. The van der Waals surface area contributed by atoms with Crippen LogP contribution in [0.5, 0.6) is 0 Å². The molecule has 0 aromatic rings. The van der Waals surface area contributed by atoms with E-state index in [1.54, 1.807) is 6.08 Å². The van der Waals surface area contributed by atoms with E-state index < -0.39 is 0 Å². The molecule has 0 bridgehead atoms. The molecule has 0 radical (unpaired) electrons. The summed E-state index contributed by atoms with van der Waals surface area (Å²) in [6, 6.07) is 0.0354. The number of rotatable bonds is 4. The Hall–Kier alpha value is -2.64. The van der Waals surface area contributed by atoms with Gasteiger partial charge in [0, 0.05) is 31.5 Å². The third kappa shape index (κ3) is 7.08. The number of esters is 2. The molecule has 3 atom stereocenters. The van der Waals surface area contributed by atoms with Crippen molar-refractivity contribution >= 4 is 23.8 Å². The van der Waals surface area contributed by atoms with Crippen molar-refractivity contribution in [3.05, 3.63) is 23.8 Å². The predicted molar refractivity (Wildman–Crippen MR) is 93.8 cm³/mol. The fourth-order valence-corrected chi connectivity index (χ4v) is 2.81. The van der Waals surface area contributed by atoms with Gasteiger partial charge in [-0.25, -0.2) is 4.79 Å². The van der Waals surface area contributed by atoms with Crippen molar-refractivity contribution in [1.29, 1.82) is 0 Å². The molecule has 2 rings (SSSR count). The molecule has 0 fully saturated rings. The number of hydrogen-bond acceptors (Lipinski definition) is 6. The zero-order valence-corrected chi connectivity index (χ0v) is 15.5. The van der Waals surface area contributed by atoms with Gasteiger partial charge in [0.15, 0.2) is 0 Å². The van der Waals surface area contributed by atoms with Gasteiger partial charge in [-0.2, -0.15) is 0 Å². The molecule has 1 unspecified atom stereocenters. The van der Waals surface area contributed by atoms with Gasteiger partial charge in [0.1, 0.15) is 0 Å². The molecule has 0 aromatic heterocycles. The average Bonchev–Trinajstić information content (AvgIpc) is 3.22. The van der Waals surface area contributed by atoms with E-state index in [4.69, 9.17) is 0 Å². The van der Waals surface area contributed by atoms with E-state index in [1.165, 1.54) is 28.1 Å². The van der Waals surface area contributed by atoms with Crippen molar-refractivity contribution in [1.82, 2.24) is 10.6 Å². The predicted octanol–water partition coefficient (Wildman–Crippen LogP) is 0.625. The summed E-state index contributed by atoms with van der Waals surface area (Å²) in [5.74, 6) is -0.900. The van der Waals surface area contributed by atoms with Crippen LogP contribution in [0.2, 0.25) is 0 Å². The number of methoxy groups -OCH3 is 2. The van der Waals surface area contributed by atoms with Crippen LogP contribution in [0.15, 0.2) is 23.8 Å². The Balaban J connectivity index is 0.000000260. The second kappa shape index (κ2) is 10.4. The van der Waals surface area contributed by atoms with Crippen LogP contribution < -0.4 is 10.6 Å². The number of hydrogen-bond donors (Lipinski definition) is 2. The molecule has 0 saturated carbocycles. The molecule has 0 aromatic carbocycles. The van der Waals surface area contributed by atoms with Crippen molar-refractivity contribution in [2.45, 2.75) is 45.2 Å². The zero-order chi connectivity index (χ0) is 19.7. The van der Waals surface area contributed by atoms with Crippen LogP contribution in [0.3, 0.4) is 0 Å². The standard InChI is InChI=1S/2C9H13NO3/c2*1-6(11)10-8-4-3-7(5-8)9(12)13-2/h3,8H,4-5H2,1-2H3,(H,10,11);3-4,7-8H,5H2,1-2H3,(H,10,11)/t;7-,8+/m.1/s1. The minimum absolute atomic E-state index is 0.0263. The van der Waals surface area contributed by atoms with Crippen molar-refractivity contribution in [2.24, 2.45) is 5.92 Å². The fraction of sp³-hybridized carbons (Fsp3) is 0.556. The molecule has 8 heteroatoms. The fourth-order valence-electron chi connectivity index (χ4n) is 2.81. The van der Waals surface area contributed by atoms with Gasteiger partial charge < -0.3 is 20.1 Å². The number of carbonyl (C=O) groups is 4. The Morgan fingerprint density at radius 2 is 1.65 bits per heavy atom. The topological polar surface area (TPSA) is 111 Å². The summed E-state index contributed by atoms with van der Waals surface area (Å²) in [7, 11) is 2.72. The molecule has 2 N–H and O–H groups in total. The van der Waals surface area contributed by atoms with E-state index in [1.807, 2.05) is 12.2 Å². The van der Waals surface area contributed by atoms with Crippen molar-refractivity contribution < 1.29 is 28.7 Å². The summed E-state index contributed by atoms with van der Waals surface area (Å²) < 4.78 is 9.15. The number of nitrogens with one attached hydrogen (secondary N) is 2. The van der Waals surface area contributed by atoms with Crippen LogP contribution in [0.4, 0.5) is 0 Å². The SMILES string of the molecule is COC(=O)C1=CCC(NC(C)=O)C1.COC(=O)[C@@H]1C=C[C@H](NC(C)=O)C1. The molecule has 0 spiro atoms. The summed E-state index contributed by atoms with van der Waals surface area (Å²) in [6.07, 6.45) is 7.30. The number of amides is 2. The lowest BCUT2D eigenvalue weighted by Crippen LogP contribution is -2.31. The maximum Gasteiger partial charge on any atom is 0.333 e. The molecule has 26 heavy (non-hydrogen) atoms. The molecule has 2 aliphatic carbocycles. The van der Waals surface area contributed by atoms with Crippen LogP contribution in [0.1, 0.15) is 33.1 Å². The van der Waals surface area contributed by atoms with E-state index in [9.17, 15) is 19.2 Å². The van der Waals surface area contributed by atoms with Crippen molar-refractivity contribution in [2.75, 3.05) is 14.2 Å². The smallest absolute Gasteiger partial charge is 0.333 e. The van der Waals surface area contributed by atoms with Crippen LogP contribution in [-0.2, 0) is 28.7 Å².